The number of benzene rings is 2. The third-order valence-electron chi connectivity index (χ3n) is 5.12. The van der Waals surface area contributed by atoms with E-state index < -0.39 is 17.1 Å². The summed E-state index contributed by atoms with van der Waals surface area (Å²) in [6.45, 7) is 2.63. The molecule has 1 N–H and O–H groups in total. The van der Waals surface area contributed by atoms with Gasteiger partial charge in [-0.3, -0.25) is 19.3 Å². The minimum absolute atomic E-state index is 0.312. The van der Waals surface area contributed by atoms with Crippen LogP contribution < -0.4 is 10.1 Å². The predicted octanol–water partition coefficient (Wildman–Crippen LogP) is 4.73. The molecule has 0 aliphatic carbocycles. The number of aromatic nitrogens is 1. The highest BCUT2D eigenvalue weighted by atomic mass is 32.2. The van der Waals surface area contributed by atoms with Gasteiger partial charge in [-0.2, -0.15) is 0 Å². The predicted molar refractivity (Wildman–Crippen MR) is 127 cm³/mol. The van der Waals surface area contributed by atoms with Gasteiger partial charge in [-0.1, -0.05) is 25.1 Å². The van der Waals surface area contributed by atoms with Crippen LogP contribution in [0.2, 0.25) is 0 Å². The second kappa shape index (κ2) is 9.32. The summed E-state index contributed by atoms with van der Waals surface area (Å²) < 4.78 is 7.24. The number of amides is 3. The Balaban J connectivity index is 1.51. The lowest BCUT2D eigenvalue weighted by Gasteiger charge is -2.12. The van der Waals surface area contributed by atoms with Gasteiger partial charge in [0.15, 0.2) is 0 Å². The van der Waals surface area contributed by atoms with Crippen molar-refractivity contribution in [1.29, 1.82) is 0 Å². The van der Waals surface area contributed by atoms with Crippen molar-refractivity contribution in [3.05, 3.63) is 65.2 Å². The average Bonchev–Trinajstić information content (AvgIpc) is 3.27. The number of thioether (sulfide) groups is 1. The number of nitrogens with one attached hydrogen (secondary N) is 1. The molecule has 0 radical (unpaired) electrons. The van der Waals surface area contributed by atoms with Crippen LogP contribution in [0, 0.1) is 0 Å². The monoisotopic (exact) mass is 449 g/mol. The fourth-order valence-electron chi connectivity index (χ4n) is 3.61. The van der Waals surface area contributed by atoms with E-state index in [-0.39, 0.29) is 6.54 Å². The van der Waals surface area contributed by atoms with Crippen LogP contribution in [-0.2, 0) is 16.1 Å². The fourth-order valence-corrected chi connectivity index (χ4v) is 4.44. The maximum Gasteiger partial charge on any atom is 0.294 e. The number of ether oxygens (including phenoxy) is 1. The number of imide groups is 1. The lowest BCUT2D eigenvalue weighted by Crippen LogP contribution is -2.36. The maximum atomic E-state index is 12.9. The van der Waals surface area contributed by atoms with E-state index in [4.69, 9.17) is 4.74 Å². The first-order chi connectivity index (χ1) is 15.5. The average molecular weight is 450 g/mol. The number of nitrogens with zero attached hydrogens (tertiary/aromatic N) is 2. The van der Waals surface area contributed by atoms with E-state index >= 15 is 0 Å². The Bertz CT molecular complexity index is 1210. The van der Waals surface area contributed by atoms with E-state index in [2.05, 4.69) is 16.8 Å². The van der Waals surface area contributed by atoms with Crippen LogP contribution in [0.5, 0.6) is 5.75 Å². The fraction of sp³-hybridized carbons (Fsp3) is 0.208. The molecule has 2 aromatic carbocycles. The minimum Gasteiger partial charge on any atom is -0.497 e. The highest BCUT2D eigenvalue weighted by Crippen LogP contribution is 2.34. The molecule has 0 unspecified atom stereocenters. The topological polar surface area (TPSA) is 80.6 Å². The van der Waals surface area contributed by atoms with Crippen LogP contribution in [0.25, 0.3) is 17.0 Å². The summed E-state index contributed by atoms with van der Waals surface area (Å²) in [5, 5.41) is 3.26. The SMILES string of the molecule is CCCn1cc(/C=C2\SC(=O)N(CC(=O)Nc3ccc(OC)cc3)C2=O)c2ccccc21. The summed E-state index contributed by atoms with van der Waals surface area (Å²) in [6.07, 6.45) is 4.72. The number of rotatable bonds is 7. The molecule has 1 aliphatic heterocycles. The van der Waals surface area contributed by atoms with Gasteiger partial charge in [-0.15, -0.1) is 0 Å². The molecule has 2 heterocycles. The zero-order valence-corrected chi connectivity index (χ0v) is 18.6. The zero-order chi connectivity index (χ0) is 22.7. The molecule has 0 atom stereocenters. The Labute approximate surface area is 190 Å². The number of methoxy groups -OCH3 is 1. The largest absolute Gasteiger partial charge is 0.497 e. The van der Waals surface area contributed by atoms with Gasteiger partial charge >= 0.3 is 0 Å². The number of para-hydroxylation sites is 1. The summed E-state index contributed by atoms with van der Waals surface area (Å²) in [4.78, 5) is 39.0. The first-order valence-electron chi connectivity index (χ1n) is 10.3. The van der Waals surface area contributed by atoms with Crippen LogP contribution in [0.1, 0.15) is 18.9 Å². The molecule has 3 aromatic rings. The molecule has 8 heteroatoms. The van der Waals surface area contributed by atoms with Crippen LogP contribution in [0.3, 0.4) is 0 Å². The molecule has 1 saturated heterocycles. The molecule has 0 spiro atoms. The number of anilines is 1. The number of aryl methyl sites for hydroxylation is 1. The maximum absolute atomic E-state index is 12.9. The van der Waals surface area contributed by atoms with Crippen LogP contribution in [-0.4, -0.2) is 40.2 Å². The summed E-state index contributed by atoms with van der Waals surface area (Å²) in [7, 11) is 1.56. The summed E-state index contributed by atoms with van der Waals surface area (Å²) in [5.41, 5.74) is 2.52. The third-order valence-corrected chi connectivity index (χ3v) is 6.03. The molecule has 4 rings (SSSR count). The first kappa shape index (κ1) is 21.7. The quantitative estimate of drug-likeness (QED) is 0.527. The molecule has 7 nitrogen and oxygen atoms in total. The van der Waals surface area contributed by atoms with E-state index in [1.54, 1.807) is 37.5 Å². The molecule has 164 valence electrons. The van der Waals surface area contributed by atoms with Crippen molar-refractivity contribution in [2.24, 2.45) is 0 Å². The molecule has 1 fully saturated rings. The smallest absolute Gasteiger partial charge is 0.294 e. The number of hydrogen-bond acceptors (Lipinski definition) is 5. The lowest BCUT2D eigenvalue weighted by molar-refractivity contribution is -0.127. The first-order valence-corrected chi connectivity index (χ1v) is 11.1. The van der Waals surface area contributed by atoms with Crippen molar-refractivity contribution in [3.63, 3.8) is 0 Å². The third kappa shape index (κ3) is 4.40. The van der Waals surface area contributed by atoms with Gasteiger partial charge in [0.05, 0.1) is 12.0 Å². The van der Waals surface area contributed by atoms with Crippen molar-refractivity contribution in [2.75, 3.05) is 19.0 Å². The van der Waals surface area contributed by atoms with Gasteiger partial charge in [0.2, 0.25) is 5.91 Å². The van der Waals surface area contributed by atoms with Gasteiger partial charge in [0.1, 0.15) is 12.3 Å². The van der Waals surface area contributed by atoms with E-state index in [0.717, 1.165) is 46.1 Å². The number of fused-ring (bicyclic) bond motifs is 1. The van der Waals surface area contributed by atoms with Crippen LogP contribution in [0.4, 0.5) is 10.5 Å². The van der Waals surface area contributed by atoms with E-state index in [1.807, 2.05) is 30.5 Å². The molecule has 1 aliphatic rings. The Kier molecular flexibility index (Phi) is 6.32. The molecule has 3 amide bonds. The van der Waals surface area contributed by atoms with Crippen molar-refractivity contribution in [2.45, 2.75) is 19.9 Å². The van der Waals surface area contributed by atoms with Crippen molar-refractivity contribution in [1.82, 2.24) is 9.47 Å². The Hall–Kier alpha value is -3.52. The Morgan fingerprint density at radius 1 is 1.12 bits per heavy atom. The Morgan fingerprint density at radius 3 is 2.59 bits per heavy atom. The summed E-state index contributed by atoms with van der Waals surface area (Å²) in [6, 6.07) is 14.8. The van der Waals surface area contributed by atoms with Gasteiger partial charge < -0.3 is 14.6 Å². The molecule has 32 heavy (non-hydrogen) atoms. The molecule has 0 saturated carbocycles. The van der Waals surface area contributed by atoms with Crippen LogP contribution >= 0.6 is 11.8 Å². The summed E-state index contributed by atoms with van der Waals surface area (Å²) >= 11 is 0.854. The Morgan fingerprint density at radius 2 is 1.88 bits per heavy atom. The normalized spacial score (nSPS) is 15.1. The second-order valence-corrected chi connectivity index (χ2v) is 8.33. The zero-order valence-electron chi connectivity index (χ0n) is 17.8. The highest BCUT2D eigenvalue weighted by Gasteiger charge is 2.36. The van der Waals surface area contributed by atoms with Gasteiger partial charge in [0.25, 0.3) is 11.1 Å². The standard InChI is InChI=1S/C24H23N3O4S/c1-3-12-26-14-16(19-6-4-5-7-20(19)26)13-21-23(29)27(24(30)32-21)15-22(28)25-17-8-10-18(31-2)11-9-17/h4-11,13-14H,3,12,15H2,1-2H3,(H,25,28)/b21-13-. The van der Waals surface area contributed by atoms with E-state index in [1.165, 1.54) is 0 Å². The molecular weight excluding hydrogens is 426 g/mol. The molecule has 0 bridgehead atoms. The van der Waals surface area contributed by atoms with Crippen molar-refractivity contribution >= 4 is 51.5 Å². The van der Waals surface area contributed by atoms with Gasteiger partial charge in [0, 0.05) is 34.9 Å². The summed E-state index contributed by atoms with van der Waals surface area (Å²) in [5.74, 6) is -0.241. The highest BCUT2D eigenvalue weighted by molar-refractivity contribution is 8.18. The molecular formula is C24H23N3O4S. The van der Waals surface area contributed by atoms with Crippen molar-refractivity contribution in [3.8, 4) is 5.75 Å². The van der Waals surface area contributed by atoms with E-state index in [0.29, 0.717) is 16.3 Å². The second-order valence-electron chi connectivity index (χ2n) is 7.34. The molecule has 1 aromatic heterocycles. The van der Waals surface area contributed by atoms with Crippen LogP contribution in [0.15, 0.2) is 59.6 Å². The van der Waals surface area contributed by atoms with Gasteiger partial charge in [-0.25, -0.2) is 0 Å². The number of carbonyl (C=O) groups excluding carboxylic acids is 3. The van der Waals surface area contributed by atoms with Gasteiger partial charge in [-0.05, 0) is 54.6 Å². The van der Waals surface area contributed by atoms with Crippen molar-refractivity contribution < 1.29 is 19.1 Å². The number of hydrogen-bond donors (Lipinski definition) is 1. The number of carbonyl (C=O) groups is 3. The van der Waals surface area contributed by atoms with E-state index in [9.17, 15) is 14.4 Å². The minimum atomic E-state index is -0.461. The lowest BCUT2D eigenvalue weighted by atomic mass is 10.1.